The molecular weight excluding hydrogens is 148 g/mol. The first kappa shape index (κ1) is 7.01. The second-order valence-corrected chi connectivity index (χ2v) is 2.41. The SMILES string of the molecule is Cc1[nH]nc(C(N)=S)c1N. The predicted molar refractivity (Wildman–Crippen MR) is 43.6 cm³/mol. The van der Waals surface area contributed by atoms with Gasteiger partial charge in [-0.3, -0.25) is 5.10 Å². The molecule has 0 bridgehead atoms. The molecule has 1 aromatic rings. The smallest absolute Gasteiger partial charge is 0.142 e. The van der Waals surface area contributed by atoms with Gasteiger partial charge in [0.25, 0.3) is 0 Å². The molecule has 1 rings (SSSR count). The molecular formula is C5H8N4S. The van der Waals surface area contributed by atoms with Crippen LogP contribution >= 0.6 is 12.2 Å². The normalized spacial score (nSPS) is 9.70. The minimum absolute atomic E-state index is 0.224. The number of hydrogen-bond acceptors (Lipinski definition) is 3. The first-order chi connectivity index (χ1) is 4.63. The van der Waals surface area contributed by atoms with Gasteiger partial charge in [0.2, 0.25) is 0 Å². The van der Waals surface area contributed by atoms with Crippen LogP contribution in [0.15, 0.2) is 0 Å². The molecule has 4 nitrogen and oxygen atoms in total. The Bertz CT molecular complexity index is 265. The summed E-state index contributed by atoms with van der Waals surface area (Å²) < 4.78 is 0. The van der Waals surface area contributed by atoms with Crippen LogP contribution in [0, 0.1) is 6.92 Å². The second-order valence-electron chi connectivity index (χ2n) is 1.98. The number of aryl methyl sites for hydroxylation is 1. The van der Waals surface area contributed by atoms with Gasteiger partial charge >= 0.3 is 0 Å². The maximum atomic E-state index is 5.54. The van der Waals surface area contributed by atoms with Crippen molar-refractivity contribution in [1.29, 1.82) is 0 Å². The van der Waals surface area contributed by atoms with E-state index in [4.69, 9.17) is 11.5 Å². The summed E-state index contributed by atoms with van der Waals surface area (Å²) in [6, 6.07) is 0. The Morgan fingerprint density at radius 3 is 2.50 bits per heavy atom. The van der Waals surface area contributed by atoms with Crippen LogP contribution in [-0.4, -0.2) is 15.2 Å². The van der Waals surface area contributed by atoms with Gasteiger partial charge in [0, 0.05) is 0 Å². The van der Waals surface area contributed by atoms with Crippen LogP contribution in [0.25, 0.3) is 0 Å². The lowest BCUT2D eigenvalue weighted by Crippen LogP contribution is -2.11. The minimum atomic E-state index is 0.224. The summed E-state index contributed by atoms with van der Waals surface area (Å²) in [6.07, 6.45) is 0. The van der Waals surface area contributed by atoms with Crippen molar-refractivity contribution >= 4 is 22.9 Å². The number of hydrogen-bond donors (Lipinski definition) is 3. The van der Waals surface area contributed by atoms with Gasteiger partial charge in [-0.15, -0.1) is 0 Å². The molecule has 0 amide bonds. The summed E-state index contributed by atoms with van der Waals surface area (Å²) in [5.41, 5.74) is 12.6. The molecule has 0 atom stereocenters. The quantitative estimate of drug-likeness (QED) is 0.497. The maximum absolute atomic E-state index is 5.54. The lowest BCUT2D eigenvalue weighted by atomic mass is 10.3. The van der Waals surface area contributed by atoms with E-state index in [0.29, 0.717) is 11.4 Å². The number of nitrogen functional groups attached to an aromatic ring is 1. The van der Waals surface area contributed by atoms with Crippen LogP contribution < -0.4 is 11.5 Å². The number of nitrogens with two attached hydrogens (primary N) is 2. The van der Waals surface area contributed by atoms with Crippen molar-refractivity contribution in [3.05, 3.63) is 11.4 Å². The molecule has 0 aromatic carbocycles. The van der Waals surface area contributed by atoms with Crippen molar-refractivity contribution in [2.75, 3.05) is 5.73 Å². The zero-order valence-electron chi connectivity index (χ0n) is 5.51. The fourth-order valence-electron chi connectivity index (χ4n) is 0.626. The highest BCUT2D eigenvalue weighted by atomic mass is 32.1. The third kappa shape index (κ3) is 0.950. The van der Waals surface area contributed by atoms with E-state index >= 15 is 0 Å². The molecule has 0 aliphatic rings. The zero-order valence-corrected chi connectivity index (χ0v) is 6.33. The molecule has 0 spiro atoms. The second kappa shape index (κ2) is 2.26. The molecule has 5 heteroatoms. The van der Waals surface area contributed by atoms with E-state index in [9.17, 15) is 0 Å². The van der Waals surface area contributed by atoms with E-state index < -0.39 is 0 Å². The van der Waals surface area contributed by atoms with Gasteiger partial charge in [-0.1, -0.05) is 12.2 Å². The van der Waals surface area contributed by atoms with E-state index in [1.807, 2.05) is 6.92 Å². The Labute approximate surface area is 63.6 Å². The van der Waals surface area contributed by atoms with Crippen molar-refractivity contribution in [2.45, 2.75) is 6.92 Å². The molecule has 0 saturated carbocycles. The third-order valence-corrected chi connectivity index (χ3v) is 1.42. The first-order valence-corrected chi connectivity index (χ1v) is 3.14. The number of aromatic amines is 1. The molecule has 0 saturated heterocycles. The lowest BCUT2D eigenvalue weighted by Gasteiger charge is -1.91. The maximum Gasteiger partial charge on any atom is 0.142 e. The molecule has 10 heavy (non-hydrogen) atoms. The van der Waals surface area contributed by atoms with Crippen LogP contribution in [0.1, 0.15) is 11.4 Å². The van der Waals surface area contributed by atoms with E-state index in [2.05, 4.69) is 22.4 Å². The van der Waals surface area contributed by atoms with Gasteiger partial charge in [-0.25, -0.2) is 0 Å². The average molecular weight is 156 g/mol. The molecule has 1 heterocycles. The molecule has 0 radical (unpaired) electrons. The molecule has 54 valence electrons. The van der Waals surface area contributed by atoms with Gasteiger partial charge in [0.05, 0.1) is 11.4 Å². The summed E-state index contributed by atoms with van der Waals surface area (Å²) in [5.74, 6) is 0. The van der Waals surface area contributed by atoms with E-state index in [1.54, 1.807) is 0 Å². The van der Waals surface area contributed by atoms with Gasteiger partial charge < -0.3 is 11.5 Å². The highest BCUT2D eigenvalue weighted by Gasteiger charge is 2.07. The largest absolute Gasteiger partial charge is 0.395 e. The Balaban J connectivity index is 3.17. The number of aromatic nitrogens is 2. The summed E-state index contributed by atoms with van der Waals surface area (Å²) in [4.78, 5) is 0.224. The number of thiocarbonyl (C=S) groups is 1. The zero-order chi connectivity index (χ0) is 7.72. The highest BCUT2D eigenvalue weighted by Crippen LogP contribution is 2.11. The van der Waals surface area contributed by atoms with Crippen LogP contribution in [0.4, 0.5) is 5.69 Å². The van der Waals surface area contributed by atoms with E-state index in [1.165, 1.54) is 0 Å². The lowest BCUT2D eigenvalue weighted by molar-refractivity contribution is 1.04. The van der Waals surface area contributed by atoms with Crippen molar-refractivity contribution < 1.29 is 0 Å². The Morgan fingerprint density at radius 2 is 2.30 bits per heavy atom. The molecule has 0 unspecified atom stereocenters. The van der Waals surface area contributed by atoms with E-state index in [0.717, 1.165) is 5.69 Å². The van der Waals surface area contributed by atoms with E-state index in [-0.39, 0.29) is 4.99 Å². The summed E-state index contributed by atoms with van der Waals surface area (Å²) in [7, 11) is 0. The predicted octanol–water partition coefficient (Wildman–Crippen LogP) is -0.0655. The summed E-state index contributed by atoms with van der Waals surface area (Å²) >= 11 is 4.68. The summed E-state index contributed by atoms with van der Waals surface area (Å²) in [6.45, 7) is 1.81. The fraction of sp³-hybridized carbons (Fsp3) is 0.200. The van der Waals surface area contributed by atoms with Gasteiger partial charge in [0.15, 0.2) is 0 Å². The average Bonchev–Trinajstić information content (AvgIpc) is 2.14. The number of rotatable bonds is 1. The van der Waals surface area contributed by atoms with Crippen LogP contribution in [-0.2, 0) is 0 Å². The van der Waals surface area contributed by atoms with Crippen molar-refractivity contribution in [2.24, 2.45) is 5.73 Å². The van der Waals surface area contributed by atoms with Crippen molar-refractivity contribution in [3.63, 3.8) is 0 Å². The molecule has 0 aliphatic carbocycles. The molecule has 5 N–H and O–H groups in total. The van der Waals surface area contributed by atoms with Crippen LogP contribution in [0.3, 0.4) is 0 Å². The van der Waals surface area contributed by atoms with Gasteiger partial charge in [-0.2, -0.15) is 5.10 Å². The van der Waals surface area contributed by atoms with Gasteiger partial charge in [-0.05, 0) is 6.92 Å². The Hall–Kier alpha value is -1.10. The molecule has 1 aromatic heterocycles. The third-order valence-electron chi connectivity index (χ3n) is 1.23. The first-order valence-electron chi connectivity index (χ1n) is 2.73. The Kier molecular flexibility index (Phi) is 1.58. The van der Waals surface area contributed by atoms with Crippen LogP contribution in [0.2, 0.25) is 0 Å². The van der Waals surface area contributed by atoms with Gasteiger partial charge in [0.1, 0.15) is 10.7 Å². The van der Waals surface area contributed by atoms with Crippen molar-refractivity contribution in [3.8, 4) is 0 Å². The van der Waals surface area contributed by atoms with Crippen molar-refractivity contribution in [1.82, 2.24) is 10.2 Å². The van der Waals surface area contributed by atoms with Crippen LogP contribution in [0.5, 0.6) is 0 Å². The monoisotopic (exact) mass is 156 g/mol. The Morgan fingerprint density at radius 1 is 1.70 bits per heavy atom. The number of nitrogens with zero attached hydrogens (tertiary/aromatic N) is 1. The summed E-state index contributed by atoms with van der Waals surface area (Å²) in [5, 5.41) is 6.47. The number of H-pyrrole nitrogens is 1. The standard InChI is InChI=1S/C5H8N4S/c1-2-3(6)4(5(7)10)9-8-2/h6H2,1H3,(H2,7,10)(H,8,9). The number of anilines is 1. The number of nitrogens with one attached hydrogen (secondary N) is 1. The molecule has 0 aliphatic heterocycles. The minimum Gasteiger partial charge on any atom is -0.395 e. The topological polar surface area (TPSA) is 80.7 Å². The fourth-order valence-corrected chi connectivity index (χ4v) is 0.781. The molecule has 0 fully saturated rings. The highest BCUT2D eigenvalue weighted by molar-refractivity contribution is 7.80.